The number of rotatable bonds is 3. The standard InChI is InChI=1S/C13H19BrN2O/c1-10-4-3-7-13(17,8-10)9-15-12-6-2-5-11(14)16-12/h2,5-6,10,17H,3-4,7-9H2,1H3,(H,15,16). The van der Waals surface area contributed by atoms with Crippen LogP contribution in [0.1, 0.15) is 32.6 Å². The molecule has 2 rings (SSSR count). The molecule has 2 N–H and O–H groups in total. The maximum Gasteiger partial charge on any atom is 0.127 e. The topological polar surface area (TPSA) is 45.1 Å². The third-order valence-electron chi connectivity index (χ3n) is 3.38. The molecule has 0 aliphatic heterocycles. The maximum atomic E-state index is 10.5. The quantitative estimate of drug-likeness (QED) is 0.843. The molecule has 0 saturated heterocycles. The minimum Gasteiger partial charge on any atom is -0.388 e. The van der Waals surface area contributed by atoms with E-state index in [0.717, 1.165) is 29.7 Å². The van der Waals surface area contributed by atoms with Crippen LogP contribution in [0.2, 0.25) is 0 Å². The van der Waals surface area contributed by atoms with Crippen molar-refractivity contribution in [2.24, 2.45) is 5.92 Å². The van der Waals surface area contributed by atoms with Gasteiger partial charge < -0.3 is 10.4 Å². The minimum atomic E-state index is -0.568. The van der Waals surface area contributed by atoms with Crippen molar-refractivity contribution in [3.63, 3.8) is 0 Å². The summed E-state index contributed by atoms with van der Waals surface area (Å²) in [5.41, 5.74) is -0.568. The highest BCUT2D eigenvalue weighted by Crippen LogP contribution is 2.32. The van der Waals surface area contributed by atoms with Gasteiger partial charge in [0.1, 0.15) is 10.4 Å². The van der Waals surface area contributed by atoms with E-state index in [2.05, 4.69) is 33.2 Å². The van der Waals surface area contributed by atoms with Crippen molar-refractivity contribution in [3.8, 4) is 0 Å². The summed E-state index contributed by atoms with van der Waals surface area (Å²) in [6.45, 7) is 2.79. The molecule has 2 unspecified atom stereocenters. The van der Waals surface area contributed by atoms with Crippen LogP contribution in [-0.2, 0) is 0 Å². The van der Waals surface area contributed by atoms with Gasteiger partial charge in [0.15, 0.2) is 0 Å². The second-order valence-corrected chi connectivity index (χ2v) is 5.94. The molecule has 1 heterocycles. The second-order valence-electron chi connectivity index (χ2n) is 5.12. The van der Waals surface area contributed by atoms with Gasteiger partial charge in [0.25, 0.3) is 0 Å². The summed E-state index contributed by atoms with van der Waals surface area (Å²) < 4.78 is 0.812. The number of anilines is 1. The Labute approximate surface area is 111 Å². The van der Waals surface area contributed by atoms with E-state index in [9.17, 15) is 5.11 Å². The zero-order valence-corrected chi connectivity index (χ0v) is 11.7. The van der Waals surface area contributed by atoms with Crippen LogP contribution in [-0.4, -0.2) is 22.2 Å². The zero-order chi connectivity index (χ0) is 12.3. The molecule has 1 aromatic rings. The molecule has 0 aromatic carbocycles. The lowest BCUT2D eigenvalue weighted by molar-refractivity contribution is -0.000827. The monoisotopic (exact) mass is 298 g/mol. The van der Waals surface area contributed by atoms with Crippen molar-refractivity contribution in [1.82, 2.24) is 4.98 Å². The van der Waals surface area contributed by atoms with Crippen LogP contribution in [0, 0.1) is 5.92 Å². The molecule has 1 saturated carbocycles. The molecule has 1 fully saturated rings. The van der Waals surface area contributed by atoms with Gasteiger partial charge in [-0.05, 0) is 46.8 Å². The third-order valence-corrected chi connectivity index (χ3v) is 3.82. The number of hydrogen-bond donors (Lipinski definition) is 2. The summed E-state index contributed by atoms with van der Waals surface area (Å²) in [5, 5.41) is 13.7. The van der Waals surface area contributed by atoms with Crippen LogP contribution in [0.3, 0.4) is 0 Å². The summed E-state index contributed by atoms with van der Waals surface area (Å²) in [5.74, 6) is 1.43. The Morgan fingerprint density at radius 2 is 2.41 bits per heavy atom. The van der Waals surface area contributed by atoms with Gasteiger partial charge >= 0.3 is 0 Å². The number of nitrogens with zero attached hydrogens (tertiary/aromatic N) is 1. The van der Waals surface area contributed by atoms with Gasteiger partial charge in [-0.2, -0.15) is 0 Å². The van der Waals surface area contributed by atoms with E-state index in [1.807, 2.05) is 18.2 Å². The van der Waals surface area contributed by atoms with Gasteiger partial charge in [-0.3, -0.25) is 0 Å². The fourth-order valence-corrected chi connectivity index (χ4v) is 2.90. The third kappa shape index (κ3) is 3.68. The number of aliphatic hydroxyl groups is 1. The fourth-order valence-electron chi connectivity index (χ4n) is 2.55. The summed E-state index contributed by atoms with van der Waals surface area (Å²) in [6, 6.07) is 5.75. The molecule has 0 radical (unpaired) electrons. The summed E-state index contributed by atoms with van der Waals surface area (Å²) in [7, 11) is 0. The lowest BCUT2D eigenvalue weighted by Crippen LogP contribution is -2.41. The van der Waals surface area contributed by atoms with Gasteiger partial charge in [-0.15, -0.1) is 0 Å². The van der Waals surface area contributed by atoms with Crippen molar-refractivity contribution in [3.05, 3.63) is 22.8 Å². The number of nitrogens with one attached hydrogen (secondary N) is 1. The second kappa shape index (κ2) is 5.36. The van der Waals surface area contributed by atoms with Crippen LogP contribution in [0.25, 0.3) is 0 Å². The first-order chi connectivity index (χ1) is 8.07. The zero-order valence-electron chi connectivity index (χ0n) is 10.1. The van der Waals surface area contributed by atoms with Crippen LogP contribution < -0.4 is 5.32 Å². The Bertz CT molecular complexity index is 385. The number of aromatic nitrogens is 1. The van der Waals surface area contributed by atoms with Crippen molar-refractivity contribution < 1.29 is 5.11 Å². The van der Waals surface area contributed by atoms with Crippen molar-refractivity contribution in [2.45, 2.75) is 38.2 Å². The van der Waals surface area contributed by atoms with Gasteiger partial charge in [-0.1, -0.05) is 25.8 Å². The Balaban J connectivity index is 1.93. The Kier molecular flexibility index (Phi) is 4.05. The largest absolute Gasteiger partial charge is 0.388 e. The van der Waals surface area contributed by atoms with E-state index in [1.54, 1.807) is 0 Å². The van der Waals surface area contributed by atoms with E-state index in [0.29, 0.717) is 12.5 Å². The van der Waals surface area contributed by atoms with E-state index in [4.69, 9.17) is 0 Å². The van der Waals surface area contributed by atoms with Crippen LogP contribution >= 0.6 is 15.9 Å². The average Bonchev–Trinajstić information content (AvgIpc) is 2.26. The molecule has 17 heavy (non-hydrogen) atoms. The molecular formula is C13H19BrN2O. The molecule has 1 aliphatic rings. The normalized spacial score (nSPS) is 29.0. The smallest absolute Gasteiger partial charge is 0.127 e. The van der Waals surface area contributed by atoms with Gasteiger partial charge in [0, 0.05) is 6.54 Å². The van der Waals surface area contributed by atoms with Crippen LogP contribution in [0.4, 0.5) is 5.82 Å². The number of halogens is 1. The predicted molar refractivity (Wildman–Crippen MR) is 73.0 cm³/mol. The Morgan fingerprint density at radius 1 is 1.59 bits per heavy atom. The van der Waals surface area contributed by atoms with Gasteiger partial charge in [0.05, 0.1) is 5.60 Å². The van der Waals surface area contributed by atoms with Crippen molar-refractivity contribution in [1.29, 1.82) is 0 Å². The summed E-state index contributed by atoms with van der Waals surface area (Å²) in [6.07, 6.45) is 4.12. The summed E-state index contributed by atoms with van der Waals surface area (Å²) in [4.78, 5) is 4.30. The maximum absolute atomic E-state index is 10.5. The number of hydrogen-bond acceptors (Lipinski definition) is 3. The van der Waals surface area contributed by atoms with E-state index >= 15 is 0 Å². The fraction of sp³-hybridized carbons (Fsp3) is 0.615. The first-order valence-electron chi connectivity index (χ1n) is 6.16. The highest BCUT2D eigenvalue weighted by Gasteiger charge is 2.32. The molecule has 3 nitrogen and oxygen atoms in total. The highest BCUT2D eigenvalue weighted by atomic mass is 79.9. The molecule has 1 aliphatic carbocycles. The van der Waals surface area contributed by atoms with E-state index in [1.165, 1.54) is 6.42 Å². The molecule has 0 spiro atoms. The first-order valence-corrected chi connectivity index (χ1v) is 6.95. The lowest BCUT2D eigenvalue weighted by atomic mass is 9.79. The van der Waals surface area contributed by atoms with Crippen LogP contribution in [0.15, 0.2) is 22.8 Å². The molecule has 4 heteroatoms. The van der Waals surface area contributed by atoms with Crippen molar-refractivity contribution >= 4 is 21.7 Å². The van der Waals surface area contributed by atoms with Gasteiger partial charge in [-0.25, -0.2) is 4.98 Å². The SMILES string of the molecule is CC1CCCC(O)(CNc2cccc(Br)n2)C1. The highest BCUT2D eigenvalue weighted by molar-refractivity contribution is 9.10. The summed E-state index contributed by atoms with van der Waals surface area (Å²) >= 11 is 3.34. The lowest BCUT2D eigenvalue weighted by Gasteiger charge is -2.35. The van der Waals surface area contributed by atoms with Gasteiger partial charge in [0.2, 0.25) is 0 Å². The van der Waals surface area contributed by atoms with E-state index in [-0.39, 0.29) is 0 Å². The molecular weight excluding hydrogens is 280 g/mol. The molecule has 94 valence electrons. The van der Waals surface area contributed by atoms with Crippen molar-refractivity contribution in [2.75, 3.05) is 11.9 Å². The molecule has 2 atom stereocenters. The van der Waals surface area contributed by atoms with Crippen LogP contribution in [0.5, 0.6) is 0 Å². The Morgan fingerprint density at radius 3 is 3.12 bits per heavy atom. The Hall–Kier alpha value is -0.610. The number of pyridine rings is 1. The molecule has 0 bridgehead atoms. The average molecular weight is 299 g/mol. The van der Waals surface area contributed by atoms with E-state index < -0.39 is 5.60 Å². The molecule has 1 aromatic heterocycles. The predicted octanol–water partition coefficient (Wildman–Crippen LogP) is 3.20. The minimum absolute atomic E-state index is 0.568. The molecule has 0 amide bonds. The first kappa shape index (κ1) is 12.8.